The van der Waals surface area contributed by atoms with Crippen molar-refractivity contribution in [3.05, 3.63) is 23.8 Å². The van der Waals surface area contributed by atoms with Gasteiger partial charge in [0.2, 0.25) is 0 Å². The van der Waals surface area contributed by atoms with Crippen LogP contribution in [0.2, 0.25) is 0 Å². The fourth-order valence-electron chi connectivity index (χ4n) is 2.70. The number of anilines is 1. The Hall–Kier alpha value is 0.0300. The average Bonchev–Trinajstić information content (AvgIpc) is 2.37. The van der Waals surface area contributed by atoms with Crippen LogP contribution in [0, 0.1) is 0 Å². The third-order valence-electron chi connectivity index (χ3n) is 3.69. The number of hydrogen-bond donors (Lipinski definition) is 0. The molecule has 1 aromatic rings. The molecule has 1 fully saturated rings. The van der Waals surface area contributed by atoms with Gasteiger partial charge in [-0.15, -0.1) is 0 Å². The molecule has 0 radical (unpaired) electrons. The minimum atomic E-state index is -1.12. The van der Waals surface area contributed by atoms with E-state index in [0.717, 1.165) is 18.4 Å². The molecule has 0 aromatic heterocycles. The monoisotopic (exact) mass is 317 g/mol. The van der Waals surface area contributed by atoms with Crippen LogP contribution in [0.1, 0.15) is 45.6 Å². The van der Waals surface area contributed by atoms with E-state index in [0.29, 0.717) is 0 Å². The minimum Gasteiger partial charge on any atom is -0.371 e. The summed E-state index contributed by atoms with van der Waals surface area (Å²) in [6.45, 7) is 7.78. The van der Waals surface area contributed by atoms with Crippen LogP contribution < -0.4 is 10.2 Å². The van der Waals surface area contributed by atoms with Crippen LogP contribution in [-0.2, 0) is 5.41 Å². The maximum Gasteiger partial charge on any atom is 0.119 e. The molecule has 0 aliphatic carbocycles. The van der Waals surface area contributed by atoms with Crippen LogP contribution >= 0.6 is 29.1 Å². The number of hydrogen-bond acceptors (Lipinski definition) is 1. The molecule has 0 N–H and O–H groups in total. The van der Waals surface area contributed by atoms with E-state index < -0.39 is 6.63 Å². The molecule has 0 amide bonds. The molecule has 0 unspecified atom stereocenters. The van der Waals surface area contributed by atoms with Crippen LogP contribution in [0.25, 0.3) is 0 Å². The van der Waals surface area contributed by atoms with Crippen molar-refractivity contribution in [2.75, 3.05) is 18.0 Å². The molecule has 0 atom stereocenters. The van der Waals surface area contributed by atoms with E-state index in [4.69, 9.17) is 22.5 Å². The van der Waals surface area contributed by atoms with E-state index in [2.05, 4.69) is 43.9 Å². The Morgan fingerprint density at radius 1 is 1.05 bits per heavy atom. The summed E-state index contributed by atoms with van der Waals surface area (Å²) < 4.78 is 0. The van der Waals surface area contributed by atoms with Crippen molar-refractivity contribution < 1.29 is 0 Å². The molecule has 2 rings (SSSR count). The number of piperidine rings is 1. The van der Waals surface area contributed by atoms with Gasteiger partial charge in [-0.05, 0) is 36.3 Å². The van der Waals surface area contributed by atoms with Gasteiger partial charge < -0.3 is 4.90 Å². The highest BCUT2D eigenvalue weighted by Gasteiger charge is 2.26. The van der Waals surface area contributed by atoms with Crippen LogP contribution in [0.5, 0.6) is 0 Å². The Morgan fingerprint density at radius 3 is 2.21 bits per heavy atom. The van der Waals surface area contributed by atoms with Gasteiger partial charge in [0.1, 0.15) is 6.63 Å². The lowest BCUT2D eigenvalue weighted by atomic mass is 9.86. The van der Waals surface area contributed by atoms with Gasteiger partial charge >= 0.3 is 0 Å². The van der Waals surface area contributed by atoms with Gasteiger partial charge in [-0.1, -0.05) is 55.4 Å². The van der Waals surface area contributed by atoms with Crippen molar-refractivity contribution in [2.24, 2.45) is 0 Å². The first-order valence-corrected chi connectivity index (χ1v) is 10.1. The lowest BCUT2D eigenvalue weighted by Gasteiger charge is -2.33. The zero-order chi connectivity index (χ0) is 14.0. The molecule has 0 saturated carbocycles. The predicted octanol–water partition coefficient (Wildman–Crippen LogP) is 5.39. The SMILES string of the molecule is CC(C)(C)c1cccc(N2CCCCC2)c1P(Cl)Cl. The van der Waals surface area contributed by atoms with Gasteiger partial charge in [0, 0.05) is 24.1 Å². The lowest BCUT2D eigenvalue weighted by molar-refractivity contribution is 0.575. The molecular weight excluding hydrogens is 296 g/mol. The summed E-state index contributed by atoms with van der Waals surface area (Å²) in [6, 6.07) is 6.49. The van der Waals surface area contributed by atoms with Gasteiger partial charge in [0.25, 0.3) is 0 Å². The highest BCUT2D eigenvalue weighted by Crippen LogP contribution is 2.50. The van der Waals surface area contributed by atoms with Crippen LogP contribution in [-0.4, -0.2) is 13.1 Å². The van der Waals surface area contributed by atoms with Crippen molar-refractivity contribution in [3.63, 3.8) is 0 Å². The Balaban J connectivity index is 2.48. The normalized spacial score (nSPS) is 17.1. The summed E-state index contributed by atoms with van der Waals surface area (Å²) in [5, 5.41) is 1.16. The third kappa shape index (κ3) is 3.57. The molecule has 0 spiro atoms. The fraction of sp³-hybridized carbons (Fsp3) is 0.600. The van der Waals surface area contributed by atoms with E-state index in [1.165, 1.54) is 30.5 Å². The Morgan fingerprint density at radius 2 is 1.68 bits per heavy atom. The van der Waals surface area contributed by atoms with Crippen molar-refractivity contribution in [3.8, 4) is 0 Å². The maximum absolute atomic E-state index is 6.34. The smallest absolute Gasteiger partial charge is 0.119 e. The van der Waals surface area contributed by atoms with Crippen molar-refractivity contribution >= 4 is 40.1 Å². The zero-order valence-electron chi connectivity index (χ0n) is 11.9. The lowest BCUT2D eigenvalue weighted by Crippen LogP contribution is -2.34. The number of halogens is 2. The second-order valence-electron chi connectivity index (χ2n) is 6.20. The van der Waals surface area contributed by atoms with Crippen LogP contribution in [0.4, 0.5) is 5.69 Å². The molecular formula is C15H22Cl2NP. The van der Waals surface area contributed by atoms with Crippen molar-refractivity contribution in [1.82, 2.24) is 0 Å². The van der Waals surface area contributed by atoms with E-state index in [1.54, 1.807) is 0 Å². The van der Waals surface area contributed by atoms with Crippen molar-refractivity contribution in [2.45, 2.75) is 45.4 Å². The first kappa shape index (κ1) is 15.4. The van der Waals surface area contributed by atoms with E-state index in [9.17, 15) is 0 Å². The molecule has 4 heteroatoms. The van der Waals surface area contributed by atoms with Gasteiger partial charge in [0.15, 0.2) is 0 Å². The van der Waals surface area contributed by atoms with Gasteiger partial charge in [0.05, 0.1) is 0 Å². The Kier molecular flexibility index (Phi) is 5.04. The topological polar surface area (TPSA) is 3.24 Å². The van der Waals surface area contributed by atoms with E-state index in [1.807, 2.05) is 0 Å². The summed E-state index contributed by atoms with van der Waals surface area (Å²) in [6.07, 6.45) is 3.87. The molecule has 1 aliphatic rings. The molecule has 1 heterocycles. The molecule has 1 aromatic carbocycles. The first-order chi connectivity index (χ1) is 8.91. The molecule has 19 heavy (non-hydrogen) atoms. The second kappa shape index (κ2) is 6.20. The van der Waals surface area contributed by atoms with Crippen LogP contribution in [0.15, 0.2) is 18.2 Å². The standard InChI is InChI=1S/C15H22Cl2NP/c1-15(2,3)12-8-7-9-13(14(12)19(16)17)18-10-5-4-6-11-18/h7-9H,4-6,10-11H2,1-3H3. The largest absolute Gasteiger partial charge is 0.371 e. The molecule has 1 saturated heterocycles. The van der Waals surface area contributed by atoms with E-state index in [-0.39, 0.29) is 5.41 Å². The third-order valence-corrected chi connectivity index (χ3v) is 5.51. The second-order valence-corrected chi connectivity index (χ2v) is 9.66. The number of benzene rings is 1. The fourth-order valence-corrected chi connectivity index (χ4v) is 4.75. The van der Waals surface area contributed by atoms with Gasteiger partial charge in [-0.25, -0.2) is 0 Å². The zero-order valence-corrected chi connectivity index (χ0v) is 14.3. The van der Waals surface area contributed by atoms with Gasteiger partial charge in [-0.2, -0.15) is 0 Å². The van der Waals surface area contributed by atoms with E-state index >= 15 is 0 Å². The molecule has 106 valence electrons. The van der Waals surface area contributed by atoms with Crippen LogP contribution in [0.3, 0.4) is 0 Å². The Labute approximate surface area is 127 Å². The maximum atomic E-state index is 6.34. The summed E-state index contributed by atoms with van der Waals surface area (Å²) in [5.41, 5.74) is 2.61. The highest BCUT2D eigenvalue weighted by atomic mass is 35.9. The molecule has 0 bridgehead atoms. The average molecular weight is 318 g/mol. The summed E-state index contributed by atoms with van der Waals surface area (Å²) >= 11 is 12.7. The predicted molar refractivity (Wildman–Crippen MR) is 89.5 cm³/mol. The summed E-state index contributed by atoms with van der Waals surface area (Å²) in [5.74, 6) is 0. The van der Waals surface area contributed by atoms with Gasteiger partial charge in [-0.3, -0.25) is 0 Å². The quantitative estimate of drug-likeness (QED) is 0.661. The number of rotatable bonds is 2. The molecule has 1 aliphatic heterocycles. The highest BCUT2D eigenvalue weighted by molar-refractivity contribution is 8.09. The summed E-state index contributed by atoms with van der Waals surface area (Å²) in [4.78, 5) is 2.45. The summed E-state index contributed by atoms with van der Waals surface area (Å²) in [7, 11) is 0. The first-order valence-electron chi connectivity index (χ1n) is 6.91. The number of nitrogens with zero attached hydrogens (tertiary/aromatic N) is 1. The minimum absolute atomic E-state index is 0.0749. The van der Waals surface area contributed by atoms with Crippen molar-refractivity contribution in [1.29, 1.82) is 0 Å². The molecule has 1 nitrogen and oxygen atoms in total. The Bertz CT molecular complexity index is 434.